The zero-order valence-electron chi connectivity index (χ0n) is 8.26. The molecule has 1 heterocycles. The van der Waals surface area contributed by atoms with Gasteiger partial charge in [-0.1, -0.05) is 6.92 Å². The number of hydrogen-bond donors (Lipinski definition) is 1. The lowest BCUT2D eigenvalue weighted by atomic mass is 10.0. The van der Waals surface area contributed by atoms with Gasteiger partial charge in [0, 0.05) is 23.5 Å². The molecule has 0 aliphatic rings. The zero-order valence-corrected chi connectivity index (χ0v) is 8.26. The fraction of sp³-hybridized carbons (Fsp3) is 0.500. The summed E-state index contributed by atoms with van der Waals surface area (Å²) in [5.41, 5.74) is 0.771. The molecule has 1 N–H and O–H groups in total. The molecule has 0 aliphatic carbocycles. The van der Waals surface area contributed by atoms with Crippen molar-refractivity contribution in [1.82, 2.24) is 4.98 Å². The summed E-state index contributed by atoms with van der Waals surface area (Å²) in [6.45, 7) is 6.24. The molecule has 1 aromatic heterocycles. The van der Waals surface area contributed by atoms with Crippen LogP contribution in [0.3, 0.4) is 0 Å². The molecule has 0 amide bonds. The second-order valence-corrected chi connectivity index (χ2v) is 3.73. The van der Waals surface area contributed by atoms with Crippen molar-refractivity contribution in [3.8, 4) is 0 Å². The summed E-state index contributed by atoms with van der Waals surface area (Å²) < 4.78 is 12.7. The third kappa shape index (κ3) is 3.01. The molecular formula is C10H15FN2. The van der Waals surface area contributed by atoms with E-state index in [1.54, 1.807) is 6.07 Å². The maximum absolute atomic E-state index is 12.7. The van der Waals surface area contributed by atoms with Gasteiger partial charge in [-0.2, -0.15) is 4.39 Å². The summed E-state index contributed by atoms with van der Waals surface area (Å²) in [6.07, 6.45) is 2.44. The highest BCUT2D eigenvalue weighted by molar-refractivity contribution is 5.43. The van der Waals surface area contributed by atoms with Gasteiger partial charge in [-0.3, -0.25) is 0 Å². The average molecular weight is 182 g/mol. The predicted molar refractivity (Wildman–Crippen MR) is 52.2 cm³/mol. The summed E-state index contributed by atoms with van der Waals surface area (Å²) in [5, 5.41) is 3.23. The maximum Gasteiger partial charge on any atom is 0.214 e. The molecule has 0 spiro atoms. The molecule has 1 rings (SSSR count). The van der Waals surface area contributed by atoms with E-state index in [1.807, 2.05) is 0 Å². The normalized spacial score (nSPS) is 11.4. The van der Waals surface area contributed by atoms with Gasteiger partial charge < -0.3 is 5.32 Å². The SMILES string of the molecule is CCC(C)(C)Nc1ccnc(F)c1. The van der Waals surface area contributed by atoms with E-state index in [0.29, 0.717) is 0 Å². The Morgan fingerprint density at radius 3 is 2.77 bits per heavy atom. The molecular weight excluding hydrogens is 167 g/mol. The Bertz CT molecular complexity index is 284. The van der Waals surface area contributed by atoms with E-state index in [9.17, 15) is 4.39 Å². The van der Waals surface area contributed by atoms with Crippen molar-refractivity contribution in [3.63, 3.8) is 0 Å². The van der Waals surface area contributed by atoms with Crippen LogP contribution in [0.1, 0.15) is 27.2 Å². The summed E-state index contributed by atoms with van der Waals surface area (Å²) in [5.74, 6) is -0.447. The molecule has 2 nitrogen and oxygen atoms in total. The largest absolute Gasteiger partial charge is 0.380 e. The lowest BCUT2D eigenvalue weighted by molar-refractivity contribution is 0.544. The molecule has 3 heteroatoms. The Morgan fingerprint density at radius 2 is 2.23 bits per heavy atom. The highest BCUT2D eigenvalue weighted by Crippen LogP contribution is 2.17. The summed E-state index contributed by atoms with van der Waals surface area (Å²) in [6, 6.07) is 3.16. The smallest absolute Gasteiger partial charge is 0.214 e. The van der Waals surface area contributed by atoms with Crippen LogP contribution in [0.15, 0.2) is 18.3 Å². The van der Waals surface area contributed by atoms with Crippen LogP contribution in [0.5, 0.6) is 0 Å². The molecule has 1 aromatic rings. The average Bonchev–Trinajstić information content (AvgIpc) is 2.03. The molecule has 0 fully saturated rings. The van der Waals surface area contributed by atoms with E-state index < -0.39 is 5.95 Å². The molecule has 0 saturated carbocycles. The maximum atomic E-state index is 12.7. The monoisotopic (exact) mass is 182 g/mol. The van der Waals surface area contributed by atoms with Crippen molar-refractivity contribution in [2.75, 3.05) is 5.32 Å². The van der Waals surface area contributed by atoms with Crippen molar-refractivity contribution < 1.29 is 4.39 Å². The molecule has 0 saturated heterocycles. The zero-order chi connectivity index (χ0) is 9.90. The van der Waals surface area contributed by atoms with Gasteiger partial charge in [0.05, 0.1) is 0 Å². The Balaban J connectivity index is 2.74. The minimum Gasteiger partial charge on any atom is -0.380 e. The Kier molecular flexibility index (Phi) is 2.86. The molecule has 0 aromatic carbocycles. The van der Waals surface area contributed by atoms with E-state index in [4.69, 9.17) is 0 Å². The van der Waals surface area contributed by atoms with Crippen LogP contribution in [0.25, 0.3) is 0 Å². The minimum atomic E-state index is -0.447. The highest BCUT2D eigenvalue weighted by atomic mass is 19.1. The standard InChI is InChI=1S/C10H15FN2/c1-4-10(2,3)13-8-5-6-12-9(11)7-8/h5-7H,4H2,1-3H3,(H,12,13). The number of pyridine rings is 1. The first-order valence-corrected chi connectivity index (χ1v) is 4.43. The van der Waals surface area contributed by atoms with Crippen LogP contribution >= 0.6 is 0 Å². The topological polar surface area (TPSA) is 24.9 Å². The van der Waals surface area contributed by atoms with Gasteiger partial charge in [0.2, 0.25) is 5.95 Å². The van der Waals surface area contributed by atoms with Crippen LogP contribution in [-0.4, -0.2) is 10.5 Å². The van der Waals surface area contributed by atoms with Gasteiger partial charge in [0.15, 0.2) is 0 Å². The molecule has 0 unspecified atom stereocenters. The first-order chi connectivity index (χ1) is 6.03. The fourth-order valence-corrected chi connectivity index (χ4v) is 0.959. The van der Waals surface area contributed by atoms with Crippen molar-refractivity contribution in [2.45, 2.75) is 32.7 Å². The summed E-state index contributed by atoms with van der Waals surface area (Å²) >= 11 is 0. The number of nitrogens with one attached hydrogen (secondary N) is 1. The van der Waals surface area contributed by atoms with Crippen LogP contribution in [-0.2, 0) is 0 Å². The van der Waals surface area contributed by atoms with Crippen molar-refractivity contribution >= 4 is 5.69 Å². The molecule has 0 atom stereocenters. The lowest BCUT2D eigenvalue weighted by Gasteiger charge is -2.25. The number of halogens is 1. The van der Waals surface area contributed by atoms with Gasteiger partial charge in [-0.05, 0) is 26.3 Å². The van der Waals surface area contributed by atoms with Gasteiger partial charge in [-0.25, -0.2) is 4.98 Å². The third-order valence-corrected chi connectivity index (χ3v) is 2.09. The number of anilines is 1. The van der Waals surface area contributed by atoms with Crippen LogP contribution < -0.4 is 5.32 Å². The minimum absolute atomic E-state index is 0.00616. The van der Waals surface area contributed by atoms with Crippen molar-refractivity contribution in [2.24, 2.45) is 0 Å². The quantitative estimate of drug-likeness (QED) is 0.727. The molecule has 0 aliphatic heterocycles. The molecule has 72 valence electrons. The number of hydrogen-bond acceptors (Lipinski definition) is 2. The molecule has 0 radical (unpaired) electrons. The van der Waals surface area contributed by atoms with Gasteiger partial charge in [0.1, 0.15) is 0 Å². The first-order valence-electron chi connectivity index (χ1n) is 4.43. The van der Waals surface area contributed by atoms with Crippen LogP contribution in [0.2, 0.25) is 0 Å². The van der Waals surface area contributed by atoms with E-state index in [0.717, 1.165) is 12.1 Å². The van der Waals surface area contributed by atoms with Gasteiger partial charge >= 0.3 is 0 Å². The second kappa shape index (κ2) is 3.73. The molecule has 0 bridgehead atoms. The number of nitrogens with zero attached hydrogens (tertiary/aromatic N) is 1. The highest BCUT2D eigenvalue weighted by Gasteiger charge is 2.13. The van der Waals surface area contributed by atoms with Gasteiger partial charge in [0.25, 0.3) is 0 Å². The van der Waals surface area contributed by atoms with Crippen LogP contribution in [0.4, 0.5) is 10.1 Å². The number of aromatic nitrogens is 1. The van der Waals surface area contributed by atoms with Crippen LogP contribution in [0, 0.1) is 5.95 Å². The Hall–Kier alpha value is -1.12. The molecule has 13 heavy (non-hydrogen) atoms. The first kappa shape index (κ1) is 9.96. The second-order valence-electron chi connectivity index (χ2n) is 3.73. The Morgan fingerprint density at radius 1 is 1.54 bits per heavy atom. The Labute approximate surface area is 78.2 Å². The van der Waals surface area contributed by atoms with E-state index in [2.05, 4.69) is 31.1 Å². The fourth-order valence-electron chi connectivity index (χ4n) is 0.959. The predicted octanol–water partition coefficient (Wildman–Crippen LogP) is 2.82. The summed E-state index contributed by atoms with van der Waals surface area (Å²) in [4.78, 5) is 3.49. The van der Waals surface area contributed by atoms with Crippen molar-refractivity contribution in [1.29, 1.82) is 0 Å². The number of rotatable bonds is 3. The van der Waals surface area contributed by atoms with Crippen molar-refractivity contribution in [3.05, 3.63) is 24.3 Å². The summed E-state index contributed by atoms with van der Waals surface area (Å²) in [7, 11) is 0. The van der Waals surface area contributed by atoms with Gasteiger partial charge in [-0.15, -0.1) is 0 Å². The van der Waals surface area contributed by atoms with E-state index >= 15 is 0 Å². The lowest BCUT2D eigenvalue weighted by Crippen LogP contribution is -2.29. The van der Waals surface area contributed by atoms with E-state index in [-0.39, 0.29) is 5.54 Å². The third-order valence-electron chi connectivity index (χ3n) is 2.09. The van der Waals surface area contributed by atoms with E-state index in [1.165, 1.54) is 12.3 Å².